The number of rotatable bonds is 8. The van der Waals surface area contributed by atoms with E-state index in [4.69, 9.17) is 14.5 Å². The first-order valence-electron chi connectivity index (χ1n) is 10.2. The summed E-state index contributed by atoms with van der Waals surface area (Å²) in [4.78, 5) is 18.8. The van der Waals surface area contributed by atoms with Crippen molar-refractivity contribution in [3.05, 3.63) is 23.3 Å². The van der Waals surface area contributed by atoms with Crippen LogP contribution in [-0.2, 0) is 17.8 Å². The third kappa shape index (κ3) is 6.65. The summed E-state index contributed by atoms with van der Waals surface area (Å²) in [7, 11) is 3.33. The van der Waals surface area contributed by atoms with E-state index in [1.807, 2.05) is 0 Å². The van der Waals surface area contributed by atoms with Crippen molar-refractivity contribution in [3.8, 4) is 11.5 Å². The maximum atomic E-state index is 11.8. The fourth-order valence-electron chi connectivity index (χ4n) is 3.44. The van der Waals surface area contributed by atoms with Gasteiger partial charge in [0, 0.05) is 38.6 Å². The number of guanidine groups is 1. The van der Waals surface area contributed by atoms with Crippen molar-refractivity contribution in [3.63, 3.8) is 0 Å². The molecule has 1 aromatic rings. The number of ether oxygens (including phenoxy) is 2. The molecule has 0 aromatic heterocycles. The number of benzene rings is 1. The molecular weight excluding hydrogens is 483 g/mol. The fraction of sp³-hybridized carbons (Fsp3) is 0.619. The zero-order valence-corrected chi connectivity index (χ0v) is 20.0. The maximum absolute atomic E-state index is 11.8. The van der Waals surface area contributed by atoms with Gasteiger partial charge in [-0.1, -0.05) is 0 Å². The van der Waals surface area contributed by atoms with Gasteiger partial charge in [-0.05, 0) is 55.9 Å². The fourth-order valence-corrected chi connectivity index (χ4v) is 3.44. The van der Waals surface area contributed by atoms with Gasteiger partial charge in [-0.15, -0.1) is 24.0 Å². The second kappa shape index (κ2) is 11.5. The molecule has 1 heterocycles. The van der Waals surface area contributed by atoms with E-state index in [0.717, 1.165) is 62.8 Å². The molecule has 2 aliphatic rings. The molecule has 3 rings (SSSR count). The number of fused-ring (bicyclic) bond motifs is 1. The lowest BCUT2D eigenvalue weighted by Gasteiger charge is -2.32. The topological polar surface area (TPSA) is 75.2 Å². The first-order valence-corrected chi connectivity index (χ1v) is 10.2. The van der Waals surface area contributed by atoms with Crippen molar-refractivity contribution in [2.75, 3.05) is 33.9 Å². The lowest BCUT2D eigenvalue weighted by Crippen LogP contribution is -2.44. The van der Waals surface area contributed by atoms with Crippen LogP contribution >= 0.6 is 24.0 Å². The summed E-state index contributed by atoms with van der Waals surface area (Å²) in [6, 6.07) is 4.57. The van der Waals surface area contributed by atoms with Crippen LogP contribution in [0, 0.1) is 0 Å². The molecule has 0 bridgehead atoms. The van der Waals surface area contributed by atoms with Gasteiger partial charge < -0.3 is 25.0 Å². The van der Waals surface area contributed by atoms with Gasteiger partial charge in [-0.25, -0.2) is 0 Å². The standard InChI is InChI=1S/C21H32N4O3.HI/c1-4-22-21(23-10-5-6-20(26)24-17-7-8-17)25-11-9-15-12-18(27-2)19(28-3)13-16(15)14-25;/h12-13,17H,4-11,14H2,1-3H3,(H,22,23)(H,24,26);1H. The average Bonchev–Trinajstić information content (AvgIpc) is 3.52. The van der Waals surface area contributed by atoms with Crippen molar-refractivity contribution in [1.82, 2.24) is 15.5 Å². The number of nitrogens with zero attached hydrogens (tertiary/aromatic N) is 2. The first kappa shape index (κ1) is 23.6. The number of aliphatic imine (C=N–C) groups is 1. The average molecular weight is 516 g/mol. The summed E-state index contributed by atoms with van der Waals surface area (Å²) < 4.78 is 10.9. The van der Waals surface area contributed by atoms with Crippen LogP contribution < -0.4 is 20.1 Å². The summed E-state index contributed by atoms with van der Waals surface area (Å²) in [5, 5.41) is 6.41. The van der Waals surface area contributed by atoms with Gasteiger partial charge >= 0.3 is 0 Å². The first-order chi connectivity index (χ1) is 13.6. The molecule has 0 spiro atoms. The zero-order valence-electron chi connectivity index (χ0n) is 17.6. The van der Waals surface area contributed by atoms with Gasteiger partial charge in [0.2, 0.25) is 5.91 Å². The predicted octanol–water partition coefficient (Wildman–Crippen LogP) is 2.70. The van der Waals surface area contributed by atoms with Crippen molar-refractivity contribution in [2.45, 2.75) is 51.6 Å². The summed E-state index contributed by atoms with van der Waals surface area (Å²) >= 11 is 0. The molecule has 7 nitrogen and oxygen atoms in total. The molecule has 0 saturated heterocycles. The van der Waals surface area contributed by atoms with E-state index >= 15 is 0 Å². The number of methoxy groups -OCH3 is 2. The van der Waals surface area contributed by atoms with E-state index < -0.39 is 0 Å². The second-order valence-corrected chi connectivity index (χ2v) is 7.33. The van der Waals surface area contributed by atoms with Crippen molar-refractivity contribution < 1.29 is 14.3 Å². The molecule has 1 aliphatic carbocycles. The zero-order chi connectivity index (χ0) is 19.9. The third-order valence-corrected chi connectivity index (χ3v) is 5.12. The minimum absolute atomic E-state index is 0. The molecule has 29 heavy (non-hydrogen) atoms. The lowest BCUT2D eigenvalue weighted by molar-refractivity contribution is -0.121. The highest BCUT2D eigenvalue weighted by atomic mass is 127. The Morgan fingerprint density at radius 1 is 1.21 bits per heavy atom. The third-order valence-electron chi connectivity index (χ3n) is 5.12. The molecule has 1 aliphatic heterocycles. The van der Waals surface area contributed by atoms with Gasteiger partial charge in [-0.2, -0.15) is 0 Å². The number of halogens is 1. The Kier molecular flexibility index (Phi) is 9.32. The number of hydrogen-bond donors (Lipinski definition) is 2. The number of amides is 1. The lowest BCUT2D eigenvalue weighted by atomic mass is 9.99. The molecule has 162 valence electrons. The Balaban J connectivity index is 0.00000300. The molecule has 1 aromatic carbocycles. The van der Waals surface area contributed by atoms with Crippen molar-refractivity contribution >= 4 is 35.8 Å². The van der Waals surface area contributed by atoms with Crippen LogP contribution in [0.2, 0.25) is 0 Å². The highest BCUT2D eigenvalue weighted by molar-refractivity contribution is 14.0. The van der Waals surface area contributed by atoms with Gasteiger partial charge in [0.05, 0.1) is 14.2 Å². The Morgan fingerprint density at radius 3 is 2.52 bits per heavy atom. The predicted molar refractivity (Wildman–Crippen MR) is 125 cm³/mol. The molecule has 0 radical (unpaired) electrons. The summed E-state index contributed by atoms with van der Waals surface area (Å²) in [5.74, 6) is 2.59. The Morgan fingerprint density at radius 2 is 1.90 bits per heavy atom. The molecule has 1 fully saturated rings. The second-order valence-electron chi connectivity index (χ2n) is 7.33. The van der Waals surface area contributed by atoms with Gasteiger partial charge in [0.15, 0.2) is 17.5 Å². The SMILES string of the molecule is CCNC(=NCCCC(=O)NC1CC1)N1CCc2cc(OC)c(OC)cc2C1.I. The summed E-state index contributed by atoms with van der Waals surface area (Å²) in [5.41, 5.74) is 2.53. The van der Waals surface area contributed by atoms with E-state index in [2.05, 4.69) is 34.6 Å². The molecule has 1 saturated carbocycles. The monoisotopic (exact) mass is 516 g/mol. The Bertz CT molecular complexity index is 722. The maximum Gasteiger partial charge on any atom is 0.220 e. The van der Waals surface area contributed by atoms with Crippen LogP contribution in [0.4, 0.5) is 0 Å². The van der Waals surface area contributed by atoms with Crippen LogP contribution in [0.3, 0.4) is 0 Å². The Labute approximate surface area is 190 Å². The van der Waals surface area contributed by atoms with Crippen LogP contribution in [0.15, 0.2) is 17.1 Å². The number of nitrogens with one attached hydrogen (secondary N) is 2. The molecule has 0 unspecified atom stereocenters. The normalized spacial score (nSPS) is 15.8. The van der Waals surface area contributed by atoms with Gasteiger partial charge in [0.1, 0.15) is 0 Å². The highest BCUT2D eigenvalue weighted by Gasteiger charge is 2.23. The van der Waals surface area contributed by atoms with E-state index in [1.54, 1.807) is 14.2 Å². The molecule has 8 heteroatoms. The largest absolute Gasteiger partial charge is 0.493 e. The molecule has 0 atom stereocenters. The minimum Gasteiger partial charge on any atom is -0.493 e. The number of carbonyl (C=O) groups excluding carboxylic acids is 1. The smallest absolute Gasteiger partial charge is 0.220 e. The van der Waals surface area contributed by atoms with Gasteiger partial charge in [-0.3, -0.25) is 9.79 Å². The van der Waals surface area contributed by atoms with Gasteiger partial charge in [0.25, 0.3) is 0 Å². The molecule has 1 amide bonds. The van der Waals surface area contributed by atoms with Crippen LogP contribution in [0.1, 0.15) is 43.7 Å². The van der Waals surface area contributed by atoms with Crippen molar-refractivity contribution in [2.24, 2.45) is 4.99 Å². The minimum atomic E-state index is 0. The van der Waals surface area contributed by atoms with E-state index in [1.165, 1.54) is 11.1 Å². The van der Waals surface area contributed by atoms with Crippen molar-refractivity contribution in [1.29, 1.82) is 0 Å². The van der Waals surface area contributed by atoms with Crippen LogP contribution in [0.25, 0.3) is 0 Å². The number of hydrogen-bond acceptors (Lipinski definition) is 4. The number of carbonyl (C=O) groups is 1. The highest BCUT2D eigenvalue weighted by Crippen LogP contribution is 2.33. The summed E-state index contributed by atoms with van der Waals surface area (Å²) in [6.07, 6.45) is 4.50. The van der Waals surface area contributed by atoms with Crippen LogP contribution in [0.5, 0.6) is 11.5 Å². The molecule has 2 N–H and O–H groups in total. The van der Waals surface area contributed by atoms with E-state index in [-0.39, 0.29) is 29.9 Å². The quantitative estimate of drug-likeness (QED) is 0.241. The Hall–Kier alpha value is -1.71. The van der Waals surface area contributed by atoms with E-state index in [0.29, 0.717) is 19.0 Å². The molecular formula is C21H33IN4O3. The van der Waals surface area contributed by atoms with Crippen LogP contribution in [-0.4, -0.2) is 56.7 Å². The summed E-state index contributed by atoms with van der Waals surface area (Å²) in [6.45, 7) is 5.22. The van der Waals surface area contributed by atoms with E-state index in [9.17, 15) is 4.79 Å².